The van der Waals surface area contributed by atoms with Crippen molar-refractivity contribution in [3.05, 3.63) is 11.1 Å². The number of nitrogens with two attached hydrogens (primary N) is 1. The zero-order chi connectivity index (χ0) is 9.90. The van der Waals surface area contributed by atoms with E-state index < -0.39 is 5.54 Å². The SMILES string of the molecule is C=C(Br)CNC(=O)C1(N)CCCC1. The molecule has 3 N–H and O–H groups in total. The summed E-state index contributed by atoms with van der Waals surface area (Å²) in [5.41, 5.74) is 5.31. The molecule has 0 bridgehead atoms. The fraction of sp³-hybridized carbons (Fsp3) is 0.667. The Morgan fingerprint density at radius 2 is 2.08 bits per heavy atom. The topological polar surface area (TPSA) is 55.1 Å². The van der Waals surface area contributed by atoms with Gasteiger partial charge in [-0.15, -0.1) is 0 Å². The Balaban J connectivity index is 2.42. The third-order valence-corrected chi connectivity index (χ3v) is 2.67. The van der Waals surface area contributed by atoms with Crippen molar-refractivity contribution >= 4 is 21.8 Å². The van der Waals surface area contributed by atoms with E-state index in [2.05, 4.69) is 27.8 Å². The minimum atomic E-state index is -0.623. The molecule has 0 aliphatic heterocycles. The fourth-order valence-corrected chi connectivity index (χ4v) is 1.73. The summed E-state index contributed by atoms with van der Waals surface area (Å²) in [6.07, 6.45) is 3.71. The lowest BCUT2D eigenvalue weighted by Gasteiger charge is -2.21. The van der Waals surface area contributed by atoms with E-state index in [0.29, 0.717) is 6.54 Å². The van der Waals surface area contributed by atoms with Gasteiger partial charge in [0.1, 0.15) is 0 Å². The standard InChI is InChI=1S/C9H15BrN2O/c1-7(10)6-12-8(13)9(11)4-2-3-5-9/h1-6,11H2,(H,12,13). The van der Waals surface area contributed by atoms with Gasteiger partial charge < -0.3 is 11.1 Å². The van der Waals surface area contributed by atoms with Gasteiger partial charge in [-0.05, 0) is 12.8 Å². The van der Waals surface area contributed by atoms with E-state index in [1.165, 1.54) is 0 Å². The lowest BCUT2D eigenvalue weighted by Crippen LogP contribution is -2.52. The highest BCUT2D eigenvalue weighted by Crippen LogP contribution is 2.27. The number of hydrogen-bond acceptors (Lipinski definition) is 2. The molecular formula is C9H15BrN2O. The molecule has 0 aromatic heterocycles. The van der Waals surface area contributed by atoms with Crippen LogP contribution in [0.1, 0.15) is 25.7 Å². The quantitative estimate of drug-likeness (QED) is 0.789. The normalized spacial score (nSPS) is 19.8. The second-order valence-corrected chi connectivity index (χ2v) is 4.68. The first-order valence-corrected chi connectivity index (χ1v) is 5.24. The third-order valence-electron chi connectivity index (χ3n) is 2.39. The van der Waals surface area contributed by atoms with E-state index in [-0.39, 0.29) is 5.91 Å². The molecular weight excluding hydrogens is 232 g/mol. The minimum Gasteiger partial charge on any atom is -0.350 e. The predicted molar refractivity (Wildman–Crippen MR) is 56.5 cm³/mol. The van der Waals surface area contributed by atoms with Gasteiger partial charge in [-0.2, -0.15) is 0 Å². The summed E-state index contributed by atoms with van der Waals surface area (Å²) < 4.78 is 0.766. The van der Waals surface area contributed by atoms with Crippen molar-refractivity contribution in [1.29, 1.82) is 0 Å². The molecule has 0 unspecified atom stereocenters. The van der Waals surface area contributed by atoms with Gasteiger partial charge in [-0.25, -0.2) is 0 Å². The van der Waals surface area contributed by atoms with Crippen LogP contribution in [0.2, 0.25) is 0 Å². The molecule has 0 spiro atoms. The molecule has 0 aromatic carbocycles. The molecule has 3 nitrogen and oxygen atoms in total. The molecule has 1 amide bonds. The summed E-state index contributed by atoms with van der Waals surface area (Å²) >= 11 is 3.18. The number of amides is 1. The van der Waals surface area contributed by atoms with Crippen LogP contribution in [0, 0.1) is 0 Å². The summed E-state index contributed by atoms with van der Waals surface area (Å²) in [4.78, 5) is 11.6. The molecule has 74 valence electrons. The average molecular weight is 247 g/mol. The van der Waals surface area contributed by atoms with E-state index in [4.69, 9.17) is 5.73 Å². The van der Waals surface area contributed by atoms with Gasteiger partial charge in [-0.3, -0.25) is 4.79 Å². The monoisotopic (exact) mass is 246 g/mol. The highest BCUT2D eigenvalue weighted by molar-refractivity contribution is 9.11. The molecule has 0 radical (unpaired) electrons. The van der Waals surface area contributed by atoms with Crippen molar-refractivity contribution in [1.82, 2.24) is 5.32 Å². The van der Waals surface area contributed by atoms with Crippen LogP contribution in [0.3, 0.4) is 0 Å². The third kappa shape index (κ3) is 2.81. The van der Waals surface area contributed by atoms with Crippen LogP contribution in [0.5, 0.6) is 0 Å². The highest BCUT2D eigenvalue weighted by Gasteiger charge is 2.36. The Bertz CT molecular complexity index is 222. The number of carbonyl (C=O) groups is 1. The first kappa shape index (κ1) is 10.7. The van der Waals surface area contributed by atoms with Gasteiger partial charge in [-0.1, -0.05) is 35.4 Å². The zero-order valence-electron chi connectivity index (χ0n) is 7.61. The molecule has 1 rings (SSSR count). The molecule has 1 aliphatic rings. The van der Waals surface area contributed by atoms with Crippen molar-refractivity contribution in [2.24, 2.45) is 5.73 Å². The van der Waals surface area contributed by atoms with Gasteiger partial charge in [0.2, 0.25) is 5.91 Å². The van der Waals surface area contributed by atoms with Crippen LogP contribution >= 0.6 is 15.9 Å². The lowest BCUT2D eigenvalue weighted by atomic mass is 9.98. The molecule has 0 saturated heterocycles. The van der Waals surface area contributed by atoms with Crippen molar-refractivity contribution in [3.8, 4) is 0 Å². The Hall–Kier alpha value is -0.350. The van der Waals surface area contributed by atoms with Crippen molar-refractivity contribution in [2.75, 3.05) is 6.54 Å². The number of halogens is 1. The van der Waals surface area contributed by atoms with E-state index in [9.17, 15) is 4.79 Å². The number of hydrogen-bond donors (Lipinski definition) is 2. The minimum absolute atomic E-state index is 0.0504. The van der Waals surface area contributed by atoms with Gasteiger partial charge in [0, 0.05) is 11.0 Å². The summed E-state index contributed by atoms with van der Waals surface area (Å²) in [6, 6.07) is 0. The maximum Gasteiger partial charge on any atom is 0.240 e. The Morgan fingerprint density at radius 3 is 2.54 bits per heavy atom. The van der Waals surface area contributed by atoms with Gasteiger partial charge >= 0.3 is 0 Å². The molecule has 0 aromatic rings. The van der Waals surface area contributed by atoms with Gasteiger partial charge in [0.15, 0.2) is 0 Å². The Labute approximate surface area is 86.9 Å². The van der Waals surface area contributed by atoms with Crippen molar-refractivity contribution in [3.63, 3.8) is 0 Å². The maximum atomic E-state index is 11.6. The molecule has 13 heavy (non-hydrogen) atoms. The second kappa shape index (κ2) is 4.24. The average Bonchev–Trinajstić information content (AvgIpc) is 2.49. The number of rotatable bonds is 3. The molecule has 1 fully saturated rings. The van der Waals surface area contributed by atoms with Crippen LogP contribution < -0.4 is 11.1 Å². The van der Waals surface area contributed by atoms with Gasteiger partial charge in [0.25, 0.3) is 0 Å². The summed E-state index contributed by atoms with van der Waals surface area (Å²) in [5.74, 6) is -0.0504. The molecule has 1 saturated carbocycles. The van der Waals surface area contributed by atoms with E-state index in [1.54, 1.807) is 0 Å². The summed E-state index contributed by atoms with van der Waals surface area (Å²) in [6.45, 7) is 4.09. The highest BCUT2D eigenvalue weighted by atomic mass is 79.9. The predicted octanol–water partition coefficient (Wildman–Crippen LogP) is 1.28. The van der Waals surface area contributed by atoms with Crippen LogP contribution in [-0.2, 0) is 4.79 Å². The molecule has 0 atom stereocenters. The molecule has 4 heteroatoms. The van der Waals surface area contributed by atoms with E-state index in [0.717, 1.165) is 30.2 Å². The first-order valence-electron chi connectivity index (χ1n) is 4.45. The van der Waals surface area contributed by atoms with Crippen LogP contribution in [0.4, 0.5) is 0 Å². The van der Waals surface area contributed by atoms with E-state index in [1.807, 2.05) is 0 Å². The van der Waals surface area contributed by atoms with Crippen LogP contribution in [0.15, 0.2) is 11.1 Å². The molecule has 0 heterocycles. The zero-order valence-corrected chi connectivity index (χ0v) is 9.19. The Kier molecular flexibility index (Phi) is 3.50. The van der Waals surface area contributed by atoms with Crippen molar-refractivity contribution < 1.29 is 4.79 Å². The van der Waals surface area contributed by atoms with E-state index >= 15 is 0 Å². The fourth-order valence-electron chi connectivity index (χ4n) is 1.59. The summed E-state index contributed by atoms with van der Waals surface area (Å²) in [7, 11) is 0. The first-order chi connectivity index (χ1) is 6.04. The van der Waals surface area contributed by atoms with Crippen LogP contribution in [0.25, 0.3) is 0 Å². The summed E-state index contributed by atoms with van der Waals surface area (Å²) in [5, 5.41) is 2.75. The number of carbonyl (C=O) groups excluding carboxylic acids is 1. The largest absolute Gasteiger partial charge is 0.350 e. The van der Waals surface area contributed by atoms with Gasteiger partial charge in [0.05, 0.1) is 5.54 Å². The maximum absolute atomic E-state index is 11.6. The Morgan fingerprint density at radius 1 is 1.54 bits per heavy atom. The smallest absolute Gasteiger partial charge is 0.240 e. The lowest BCUT2D eigenvalue weighted by molar-refractivity contribution is -0.125. The second-order valence-electron chi connectivity index (χ2n) is 3.56. The van der Waals surface area contributed by atoms with Crippen molar-refractivity contribution in [2.45, 2.75) is 31.2 Å². The molecule has 1 aliphatic carbocycles. The number of nitrogens with one attached hydrogen (secondary N) is 1. The van der Waals surface area contributed by atoms with Crippen LogP contribution in [-0.4, -0.2) is 18.0 Å².